The molecule has 1 rings (SSSR count). The first kappa shape index (κ1) is 21.5. The van der Waals surface area contributed by atoms with Crippen LogP contribution in [0.25, 0.3) is 0 Å². The van der Waals surface area contributed by atoms with E-state index in [1.807, 2.05) is 30.3 Å². The van der Waals surface area contributed by atoms with Crippen LogP contribution in [0.1, 0.15) is 31.4 Å². The van der Waals surface area contributed by atoms with Gasteiger partial charge in [0.25, 0.3) is 0 Å². The summed E-state index contributed by atoms with van der Waals surface area (Å²) in [6.45, 7) is 1.79. The molecule has 0 amide bonds. The van der Waals surface area contributed by atoms with Crippen LogP contribution >= 0.6 is 0 Å². The first-order valence-corrected chi connectivity index (χ1v) is 6.87. The number of carboxylic acids is 3. The van der Waals surface area contributed by atoms with Gasteiger partial charge in [-0.15, -0.1) is 0 Å². The molecule has 0 fully saturated rings. The first-order chi connectivity index (χ1) is 11.0. The van der Waals surface area contributed by atoms with Crippen molar-refractivity contribution in [1.82, 2.24) is 0 Å². The highest BCUT2D eigenvalue weighted by molar-refractivity contribution is 5.88. The molecule has 7 N–H and O–H groups in total. The van der Waals surface area contributed by atoms with Gasteiger partial charge < -0.3 is 31.3 Å². The van der Waals surface area contributed by atoms with Crippen LogP contribution in [-0.4, -0.2) is 55.1 Å². The predicted molar refractivity (Wildman–Crippen MR) is 82.1 cm³/mol. The van der Waals surface area contributed by atoms with E-state index >= 15 is 0 Å². The van der Waals surface area contributed by atoms with Crippen molar-refractivity contribution in [3.8, 4) is 0 Å². The van der Waals surface area contributed by atoms with Gasteiger partial charge in [0.15, 0.2) is 5.60 Å². The Morgan fingerprint density at radius 2 is 1.46 bits per heavy atom. The fourth-order valence-corrected chi connectivity index (χ4v) is 1.67. The van der Waals surface area contributed by atoms with Gasteiger partial charge in [0.2, 0.25) is 0 Å². The van der Waals surface area contributed by atoms with Crippen molar-refractivity contribution in [2.75, 3.05) is 0 Å². The van der Waals surface area contributed by atoms with E-state index in [1.54, 1.807) is 6.92 Å². The minimum atomic E-state index is -2.74. The molecule has 0 aliphatic heterocycles. The van der Waals surface area contributed by atoms with Gasteiger partial charge in [0.1, 0.15) is 0 Å². The molecule has 0 unspecified atom stereocenters. The molecule has 24 heavy (non-hydrogen) atoms. The summed E-state index contributed by atoms with van der Waals surface area (Å²) in [6.07, 6.45) is -2.83. The number of aliphatic hydroxyl groups excluding tert-OH is 1. The molecular formula is C15H21NO8. The average molecular weight is 343 g/mol. The largest absolute Gasteiger partial charge is 0.481 e. The van der Waals surface area contributed by atoms with Gasteiger partial charge in [-0.3, -0.25) is 9.59 Å². The number of hydrogen-bond acceptors (Lipinski definition) is 6. The first-order valence-electron chi connectivity index (χ1n) is 6.87. The van der Waals surface area contributed by atoms with Crippen molar-refractivity contribution in [1.29, 1.82) is 0 Å². The molecule has 134 valence electrons. The zero-order chi connectivity index (χ0) is 18.9. The van der Waals surface area contributed by atoms with Crippen LogP contribution < -0.4 is 5.73 Å². The summed E-state index contributed by atoms with van der Waals surface area (Å²) >= 11 is 0. The maximum absolute atomic E-state index is 10.3. The minimum absolute atomic E-state index is 0.211. The second kappa shape index (κ2) is 9.60. The molecule has 0 aliphatic carbocycles. The summed E-state index contributed by atoms with van der Waals surface area (Å²) < 4.78 is 0. The molecule has 9 nitrogen and oxygen atoms in total. The highest BCUT2D eigenvalue weighted by Crippen LogP contribution is 2.16. The zero-order valence-corrected chi connectivity index (χ0v) is 13.0. The lowest BCUT2D eigenvalue weighted by molar-refractivity contribution is -0.170. The minimum Gasteiger partial charge on any atom is -0.481 e. The molecule has 0 heterocycles. The zero-order valence-electron chi connectivity index (χ0n) is 13.0. The lowest BCUT2D eigenvalue weighted by Crippen LogP contribution is -2.42. The van der Waals surface area contributed by atoms with Crippen LogP contribution in [0.4, 0.5) is 0 Å². The maximum Gasteiger partial charge on any atom is 0.336 e. The fourth-order valence-electron chi connectivity index (χ4n) is 1.67. The topological polar surface area (TPSA) is 178 Å². The average Bonchev–Trinajstić information content (AvgIpc) is 2.46. The molecule has 0 saturated carbocycles. The number of carbonyl (C=O) groups is 3. The highest BCUT2D eigenvalue weighted by atomic mass is 16.4. The summed E-state index contributed by atoms with van der Waals surface area (Å²) in [7, 11) is 0. The summed E-state index contributed by atoms with van der Waals surface area (Å²) in [6, 6.07) is 9.22. The number of benzene rings is 1. The predicted octanol–water partition coefficient (Wildman–Crippen LogP) is -0.181. The summed E-state index contributed by atoms with van der Waals surface area (Å²) in [5, 5.41) is 43.3. The third kappa shape index (κ3) is 7.68. The van der Waals surface area contributed by atoms with Gasteiger partial charge >= 0.3 is 17.9 Å². The summed E-state index contributed by atoms with van der Waals surface area (Å²) in [5.74, 6) is -5.02. The van der Waals surface area contributed by atoms with E-state index in [4.69, 9.17) is 26.2 Å². The second-order valence-corrected chi connectivity index (χ2v) is 5.19. The van der Waals surface area contributed by atoms with E-state index in [1.165, 1.54) is 0 Å². The van der Waals surface area contributed by atoms with Crippen molar-refractivity contribution in [2.24, 2.45) is 5.73 Å². The monoisotopic (exact) mass is 343 g/mol. The Labute approximate surface area is 138 Å². The lowest BCUT2D eigenvalue weighted by atomic mass is 9.96. The number of nitrogens with two attached hydrogens (primary N) is 1. The highest BCUT2D eigenvalue weighted by Gasteiger charge is 2.40. The van der Waals surface area contributed by atoms with Crippen LogP contribution in [0.2, 0.25) is 0 Å². The second-order valence-electron chi connectivity index (χ2n) is 5.19. The molecule has 0 aliphatic rings. The quantitative estimate of drug-likeness (QED) is 0.391. The maximum atomic E-state index is 10.3. The smallest absolute Gasteiger partial charge is 0.336 e. The molecule has 1 aromatic carbocycles. The van der Waals surface area contributed by atoms with Crippen LogP contribution in [-0.2, 0) is 14.4 Å². The molecule has 1 aromatic rings. The van der Waals surface area contributed by atoms with Crippen molar-refractivity contribution in [3.63, 3.8) is 0 Å². The van der Waals surface area contributed by atoms with Crippen molar-refractivity contribution >= 4 is 17.9 Å². The molecule has 2 atom stereocenters. The van der Waals surface area contributed by atoms with E-state index in [9.17, 15) is 19.5 Å². The van der Waals surface area contributed by atoms with E-state index in [-0.39, 0.29) is 6.04 Å². The lowest BCUT2D eigenvalue weighted by Gasteiger charge is -2.18. The Balaban J connectivity index is 0.000000446. The van der Waals surface area contributed by atoms with E-state index in [2.05, 4.69) is 0 Å². The standard InChI is InChI=1S/C9H13NO.C6H8O7/c1-7(10)9(11)8-5-3-2-4-6-8;7-3(8)1-6(13,5(11)12)2-4(9)10/h2-7,9,11H,10H2,1H3;13H,1-2H2,(H,7,8)(H,9,10)(H,11,12)/t7-,9-;/m1./s1. The van der Waals surface area contributed by atoms with E-state index < -0.39 is 42.5 Å². The SMILES string of the molecule is C[C@@H](N)[C@@H](O)c1ccccc1.O=C(O)CC(O)(CC(=O)O)C(=O)O. The number of hydrogen-bond donors (Lipinski definition) is 6. The number of carboxylic acid groups (broad SMARTS) is 3. The Morgan fingerprint density at radius 3 is 1.75 bits per heavy atom. The van der Waals surface area contributed by atoms with Gasteiger partial charge in [-0.25, -0.2) is 4.79 Å². The van der Waals surface area contributed by atoms with Crippen molar-refractivity contribution < 1.29 is 39.9 Å². The van der Waals surface area contributed by atoms with Gasteiger partial charge in [-0.05, 0) is 12.5 Å². The third-order valence-corrected chi connectivity index (χ3v) is 2.92. The summed E-state index contributed by atoms with van der Waals surface area (Å²) in [5.41, 5.74) is 3.66. The van der Waals surface area contributed by atoms with Gasteiger partial charge in [0, 0.05) is 6.04 Å². The number of aliphatic carboxylic acids is 3. The van der Waals surface area contributed by atoms with Crippen LogP contribution in [0.15, 0.2) is 30.3 Å². The molecule has 9 heteroatoms. The van der Waals surface area contributed by atoms with E-state index in [0.717, 1.165) is 5.56 Å². The molecule has 0 aromatic heterocycles. The van der Waals surface area contributed by atoms with Crippen molar-refractivity contribution in [2.45, 2.75) is 37.5 Å². The third-order valence-electron chi connectivity index (χ3n) is 2.92. The molecular weight excluding hydrogens is 322 g/mol. The fraction of sp³-hybridized carbons (Fsp3) is 0.400. The van der Waals surface area contributed by atoms with Gasteiger partial charge in [0.05, 0.1) is 18.9 Å². The van der Waals surface area contributed by atoms with Gasteiger partial charge in [-0.1, -0.05) is 30.3 Å². The van der Waals surface area contributed by atoms with Crippen LogP contribution in [0.3, 0.4) is 0 Å². The Bertz CT molecular complexity index is 542. The molecule has 0 saturated heterocycles. The van der Waals surface area contributed by atoms with Crippen LogP contribution in [0, 0.1) is 0 Å². The Kier molecular flexibility index (Phi) is 8.61. The Morgan fingerprint density at radius 1 is 1.04 bits per heavy atom. The number of rotatable bonds is 7. The normalized spacial score (nSPS) is 13.2. The van der Waals surface area contributed by atoms with Gasteiger partial charge in [-0.2, -0.15) is 0 Å². The van der Waals surface area contributed by atoms with Crippen LogP contribution in [0.5, 0.6) is 0 Å². The summed E-state index contributed by atoms with van der Waals surface area (Å²) in [4.78, 5) is 30.5. The Hall–Kier alpha value is -2.49. The van der Waals surface area contributed by atoms with E-state index in [0.29, 0.717) is 0 Å². The molecule has 0 spiro atoms. The number of aliphatic hydroxyl groups is 2. The van der Waals surface area contributed by atoms with Crippen molar-refractivity contribution in [3.05, 3.63) is 35.9 Å². The molecule has 0 bridgehead atoms. The molecule has 0 radical (unpaired) electrons.